The molecule has 0 saturated heterocycles. The van der Waals surface area contributed by atoms with Crippen LogP contribution >= 0.6 is 0 Å². The third kappa shape index (κ3) is 7.56. The van der Waals surface area contributed by atoms with E-state index >= 15 is 0 Å². The van der Waals surface area contributed by atoms with E-state index in [1.807, 2.05) is 0 Å². The van der Waals surface area contributed by atoms with E-state index in [0.717, 1.165) is 12.8 Å². The monoisotopic (exact) mass is 786 g/mol. The van der Waals surface area contributed by atoms with Crippen molar-refractivity contribution in [3.63, 3.8) is 0 Å². The predicted octanol–water partition coefficient (Wildman–Crippen LogP) is 15.0. The van der Waals surface area contributed by atoms with Crippen LogP contribution < -0.4 is 0 Å². The first-order valence-electron chi connectivity index (χ1n) is 19.1. The van der Waals surface area contributed by atoms with E-state index in [0.29, 0.717) is 0 Å². The fraction of sp³-hybridized carbons (Fsp3) is 0.115. The minimum atomic E-state index is 0.210. The molecule has 0 aliphatic carbocycles. The molecule has 2 heteroatoms. The maximum absolute atomic E-state index is 2.34. The summed E-state index contributed by atoms with van der Waals surface area (Å²) in [6.07, 6.45) is 2.16. The summed E-state index contributed by atoms with van der Waals surface area (Å²) in [5, 5.41) is 15.8. The van der Waals surface area contributed by atoms with Crippen molar-refractivity contribution >= 4 is 70.1 Å². The second-order valence-corrected chi connectivity index (χ2v) is 23.9. The average molecular weight is 788 g/mol. The summed E-state index contributed by atoms with van der Waals surface area (Å²) in [5.74, 6) is 0. The van der Waals surface area contributed by atoms with Crippen molar-refractivity contribution in [2.24, 2.45) is 0 Å². The Morgan fingerprint density at radius 2 is 0.759 bits per heavy atom. The van der Waals surface area contributed by atoms with E-state index in [-0.39, 0.29) is 5.43 Å². The fourth-order valence-electron chi connectivity index (χ4n) is 7.72. The molecule has 0 heterocycles. The molecule has 260 valence electrons. The molecule has 0 atom stereocenters. The molecule has 10 aromatic rings. The van der Waals surface area contributed by atoms with Crippen LogP contribution in [0.4, 0.5) is 0 Å². The van der Waals surface area contributed by atoms with Gasteiger partial charge in [0.1, 0.15) is 0 Å². The predicted molar refractivity (Wildman–Crippen MR) is 236 cm³/mol. The number of hydrogen-bond donors (Lipinski definition) is 0. The SMILES string of the molecule is CCc1cc2c(-c3ccc4cc5ccccc5cc4c3)cccc2[cH-]1.CCc1cc2c(-c3ccc4cc5ccccc5cc4c3)cccc2[cH-]1.C[Si](C)=[Zr+2]. The van der Waals surface area contributed by atoms with Crippen LogP contribution in [0.5, 0.6) is 0 Å². The van der Waals surface area contributed by atoms with Crippen LogP contribution in [0, 0.1) is 0 Å². The second kappa shape index (κ2) is 15.8. The first-order valence-corrected chi connectivity index (χ1v) is 25.3. The maximum atomic E-state index is 2.34. The molecule has 0 saturated carbocycles. The zero-order valence-electron chi connectivity index (χ0n) is 31.6. The molecule has 0 fully saturated rings. The van der Waals surface area contributed by atoms with Crippen LogP contribution in [-0.2, 0) is 36.2 Å². The van der Waals surface area contributed by atoms with Gasteiger partial charge in [0.2, 0.25) is 0 Å². The van der Waals surface area contributed by atoms with Crippen LogP contribution in [0.15, 0.2) is 170 Å². The van der Waals surface area contributed by atoms with Gasteiger partial charge in [0.25, 0.3) is 0 Å². The van der Waals surface area contributed by atoms with Gasteiger partial charge in [0, 0.05) is 0 Å². The van der Waals surface area contributed by atoms with Crippen LogP contribution in [-0.4, -0.2) is 5.43 Å². The summed E-state index contributed by atoms with van der Waals surface area (Å²) >= 11 is 1.74. The van der Waals surface area contributed by atoms with Crippen LogP contribution in [0.2, 0.25) is 13.1 Å². The molecule has 0 bridgehead atoms. The van der Waals surface area contributed by atoms with Crippen LogP contribution in [0.1, 0.15) is 25.0 Å². The molecule has 0 radical (unpaired) electrons. The van der Waals surface area contributed by atoms with Crippen molar-refractivity contribution in [3.05, 3.63) is 181 Å². The molecule has 0 aliphatic heterocycles. The number of hydrogen-bond acceptors (Lipinski definition) is 0. The van der Waals surface area contributed by atoms with Crippen molar-refractivity contribution in [2.45, 2.75) is 39.8 Å². The Bertz CT molecular complexity index is 2750. The number of fused-ring (bicyclic) bond motifs is 6. The van der Waals surface area contributed by atoms with Crippen LogP contribution in [0.3, 0.4) is 0 Å². The standard InChI is InChI=1S/2C25H19.C2H6Si.Zr/c2*1-2-17-12-21-8-5-9-24(25(21)13-17)22-11-10-20-14-18-6-3-4-7-19(18)15-23(20)16-22;1-3-2;/h2*3-16H,2H2,1H3;1-2H3;/q2*-1;;+2. The fourth-order valence-corrected chi connectivity index (χ4v) is 7.72. The van der Waals surface area contributed by atoms with E-state index in [4.69, 9.17) is 0 Å². The third-order valence-corrected chi connectivity index (χ3v) is 10.5. The molecular weight excluding hydrogens is 744 g/mol. The first kappa shape index (κ1) is 36.1. The van der Waals surface area contributed by atoms with E-state index in [9.17, 15) is 0 Å². The Labute approximate surface area is 334 Å². The Morgan fingerprint density at radius 3 is 1.13 bits per heavy atom. The Kier molecular flexibility index (Phi) is 10.6. The molecule has 0 amide bonds. The van der Waals surface area contributed by atoms with Crippen molar-refractivity contribution in [2.75, 3.05) is 0 Å². The molecule has 0 unspecified atom stereocenters. The Hall–Kier alpha value is -4.88. The van der Waals surface area contributed by atoms with Gasteiger partial charge in [0.05, 0.1) is 0 Å². The molecular formula is C52H44SiZr. The molecule has 0 nitrogen and oxygen atoms in total. The summed E-state index contributed by atoms with van der Waals surface area (Å²) in [5.41, 5.74) is 8.27. The van der Waals surface area contributed by atoms with Gasteiger partial charge < -0.3 is 0 Å². The minimum absolute atomic E-state index is 0.210. The third-order valence-electron chi connectivity index (χ3n) is 10.5. The molecule has 0 spiro atoms. The summed E-state index contributed by atoms with van der Waals surface area (Å²) < 4.78 is 0. The normalized spacial score (nSPS) is 11.2. The molecule has 0 N–H and O–H groups in total. The van der Waals surface area contributed by atoms with Gasteiger partial charge in [-0.1, -0.05) is 110 Å². The average Bonchev–Trinajstić information content (AvgIpc) is 3.83. The zero-order valence-corrected chi connectivity index (χ0v) is 35.0. The quantitative estimate of drug-likeness (QED) is 0.0947. The van der Waals surface area contributed by atoms with Crippen molar-refractivity contribution in [3.8, 4) is 22.3 Å². The van der Waals surface area contributed by atoms with Gasteiger partial charge in [-0.25, -0.2) is 0 Å². The second-order valence-electron chi connectivity index (χ2n) is 14.6. The van der Waals surface area contributed by atoms with Crippen molar-refractivity contribution < 1.29 is 23.3 Å². The van der Waals surface area contributed by atoms with Gasteiger partial charge >= 0.3 is 41.9 Å². The van der Waals surface area contributed by atoms with Crippen molar-refractivity contribution in [1.82, 2.24) is 0 Å². The molecule has 0 aromatic heterocycles. The first-order chi connectivity index (χ1) is 26.4. The molecule has 10 rings (SSSR count). The van der Waals surface area contributed by atoms with E-state index in [2.05, 4.69) is 197 Å². The topological polar surface area (TPSA) is 0 Å². The Balaban J connectivity index is 0.000000140. The van der Waals surface area contributed by atoms with Gasteiger partial charge in [0.15, 0.2) is 0 Å². The Morgan fingerprint density at radius 1 is 0.407 bits per heavy atom. The molecule has 54 heavy (non-hydrogen) atoms. The molecule has 0 aliphatic rings. The van der Waals surface area contributed by atoms with E-state index in [1.165, 1.54) is 98.0 Å². The van der Waals surface area contributed by atoms with Crippen molar-refractivity contribution in [1.29, 1.82) is 0 Å². The van der Waals surface area contributed by atoms with Crippen LogP contribution in [0.25, 0.3) is 86.9 Å². The van der Waals surface area contributed by atoms with E-state index < -0.39 is 0 Å². The van der Waals surface area contributed by atoms with Gasteiger partial charge in [-0.15, -0.1) is 69.1 Å². The van der Waals surface area contributed by atoms with Gasteiger partial charge in [-0.3, -0.25) is 0 Å². The van der Waals surface area contributed by atoms with E-state index in [1.54, 1.807) is 23.3 Å². The number of aryl methyl sites for hydroxylation is 2. The van der Waals surface area contributed by atoms with Gasteiger partial charge in [-0.05, 0) is 103 Å². The molecule has 10 aromatic carbocycles. The van der Waals surface area contributed by atoms with Gasteiger partial charge in [-0.2, -0.15) is 12.1 Å². The zero-order chi connectivity index (χ0) is 37.2. The summed E-state index contributed by atoms with van der Waals surface area (Å²) in [6.45, 7) is 9.05. The number of rotatable bonds is 4. The number of benzene rings is 8. The summed E-state index contributed by atoms with van der Waals surface area (Å²) in [4.78, 5) is 0. The summed E-state index contributed by atoms with van der Waals surface area (Å²) in [6, 6.07) is 62.5. The summed E-state index contributed by atoms with van der Waals surface area (Å²) in [7, 11) is 0.